The van der Waals surface area contributed by atoms with Crippen molar-refractivity contribution in [3.05, 3.63) is 29.3 Å². The molecule has 0 N–H and O–H groups in total. The molecule has 1 heterocycles. The van der Waals surface area contributed by atoms with Crippen LogP contribution in [0.4, 0.5) is 18.9 Å². The molecule has 112 valence electrons. The number of hydrogen-bond acceptors (Lipinski definition) is 1. The van der Waals surface area contributed by atoms with E-state index in [2.05, 4.69) is 13.8 Å². The Morgan fingerprint density at radius 3 is 2.55 bits per heavy atom. The number of anilines is 1. The van der Waals surface area contributed by atoms with Crippen LogP contribution in [0.25, 0.3) is 0 Å². The van der Waals surface area contributed by atoms with Gasteiger partial charge in [0.15, 0.2) is 0 Å². The molecule has 0 aromatic heterocycles. The second-order valence-corrected chi connectivity index (χ2v) is 5.98. The number of rotatable bonds is 3. The maximum Gasteiger partial charge on any atom is 0.416 e. The van der Waals surface area contributed by atoms with Gasteiger partial charge < -0.3 is 4.90 Å². The summed E-state index contributed by atoms with van der Waals surface area (Å²) in [4.78, 5) is 2.04. The standard InChI is InChI=1S/C15H19ClF3N/c1-10(2)12-5-6-20(9-12)13-4-3-11(8-16)14(7-13)15(17,18)19/h3-4,7,10,12H,5-6,8-9H2,1-2H3. The van der Waals surface area contributed by atoms with E-state index in [-0.39, 0.29) is 11.4 Å². The summed E-state index contributed by atoms with van der Waals surface area (Å²) >= 11 is 5.60. The third kappa shape index (κ3) is 3.22. The zero-order chi connectivity index (χ0) is 14.9. The van der Waals surface area contributed by atoms with Crippen LogP contribution >= 0.6 is 11.6 Å². The minimum atomic E-state index is -4.35. The second-order valence-electron chi connectivity index (χ2n) is 5.71. The largest absolute Gasteiger partial charge is 0.416 e. The Bertz CT molecular complexity index is 471. The maximum absolute atomic E-state index is 13.0. The van der Waals surface area contributed by atoms with E-state index < -0.39 is 11.7 Å². The van der Waals surface area contributed by atoms with Crippen LogP contribution < -0.4 is 4.90 Å². The van der Waals surface area contributed by atoms with E-state index in [1.807, 2.05) is 4.90 Å². The Morgan fingerprint density at radius 2 is 2.05 bits per heavy atom. The van der Waals surface area contributed by atoms with Crippen LogP contribution in [0.1, 0.15) is 31.4 Å². The second kappa shape index (κ2) is 5.84. The molecule has 1 nitrogen and oxygen atoms in total. The van der Waals surface area contributed by atoms with Crippen molar-refractivity contribution in [3.8, 4) is 0 Å². The topological polar surface area (TPSA) is 3.24 Å². The van der Waals surface area contributed by atoms with Gasteiger partial charge in [0.1, 0.15) is 0 Å². The van der Waals surface area contributed by atoms with Gasteiger partial charge in [0.05, 0.1) is 5.56 Å². The first-order valence-corrected chi connectivity index (χ1v) is 7.37. The van der Waals surface area contributed by atoms with Crippen molar-refractivity contribution >= 4 is 17.3 Å². The number of nitrogens with zero attached hydrogens (tertiary/aromatic N) is 1. The smallest absolute Gasteiger partial charge is 0.371 e. The SMILES string of the molecule is CC(C)C1CCN(c2ccc(CCl)c(C(F)(F)F)c2)C1. The fraction of sp³-hybridized carbons (Fsp3) is 0.600. The van der Waals surface area contributed by atoms with Crippen LogP contribution in [-0.4, -0.2) is 13.1 Å². The first kappa shape index (κ1) is 15.5. The molecule has 2 rings (SSSR count). The summed E-state index contributed by atoms with van der Waals surface area (Å²) in [5, 5.41) is 0. The zero-order valence-corrected chi connectivity index (χ0v) is 12.4. The number of hydrogen-bond donors (Lipinski definition) is 0. The van der Waals surface area contributed by atoms with E-state index in [1.165, 1.54) is 12.1 Å². The molecule has 1 aromatic rings. The summed E-state index contributed by atoms with van der Waals surface area (Å²) in [6, 6.07) is 4.48. The monoisotopic (exact) mass is 305 g/mol. The molecule has 1 unspecified atom stereocenters. The van der Waals surface area contributed by atoms with Crippen molar-refractivity contribution in [2.45, 2.75) is 32.3 Å². The first-order chi connectivity index (χ1) is 9.32. The lowest BCUT2D eigenvalue weighted by atomic mass is 9.95. The zero-order valence-electron chi connectivity index (χ0n) is 11.7. The van der Waals surface area contributed by atoms with E-state index in [4.69, 9.17) is 11.6 Å². The van der Waals surface area contributed by atoms with E-state index >= 15 is 0 Å². The summed E-state index contributed by atoms with van der Waals surface area (Å²) in [6.45, 7) is 5.97. The Kier molecular flexibility index (Phi) is 4.52. The molecule has 1 saturated heterocycles. The Labute approximate surface area is 122 Å². The Hall–Kier alpha value is -0.900. The van der Waals surface area contributed by atoms with Crippen molar-refractivity contribution < 1.29 is 13.2 Å². The van der Waals surface area contributed by atoms with Crippen LogP contribution in [0, 0.1) is 11.8 Å². The summed E-state index contributed by atoms with van der Waals surface area (Å²) in [7, 11) is 0. The van der Waals surface area contributed by atoms with Crippen LogP contribution in [0.5, 0.6) is 0 Å². The normalized spacial score (nSPS) is 19.9. The van der Waals surface area contributed by atoms with Crippen molar-refractivity contribution in [1.82, 2.24) is 0 Å². The van der Waals surface area contributed by atoms with Crippen molar-refractivity contribution in [2.75, 3.05) is 18.0 Å². The quantitative estimate of drug-likeness (QED) is 0.716. The minimum absolute atomic E-state index is 0.121. The maximum atomic E-state index is 13.0. The molecule has 0 radical (unpaired) electrons. The lowest BCUT2D eigenvalue weighted by molar-refractivity contribution is -0.138. The average molecular weight is 306 g/mol. The van der Waals surface area contributed by atoms with Gasteiger partial charge in [0.25, 0.3) is 0 Å². The molecular formula is C15H19ClF3N. The van der Waals surface area contributed by atoms with Gasteiger partial charge in [-0.05, 0) is 36.0 Å². The molecule has 20 heavy (non-hydrogen) atoms. The van der Waals surface area contributed by atoms with Crippen molar-refractivity contribution in [2.24, 2.45) is 11.8 Å². The molecule has 0 bridgehead atoms. The predicted octanol–water partition coefficient (Wildman–Crippen LogP) is 4.93. The number of halogens is 4. The summed E-state index contributed by atoms with van der Waals surface area (Å²) in [5.74, 6) is 0.991. The lowest BCUT2D eigenvalue weighted by Crippen LogP contribution is -2.22. The first-order valence-electron chi connectivity index (χ1n) is 6.84. The average Bonchev–Trinajstić information content (AvgIpc) is 2.86. The summed E-state index contributed by atoms with van der Waals surface area (Å²) in [6.07, 6.45) is -3.31. The molecule has 0 spiro atoms. The van der Waals surface area contributed by atoms with E-state index in [0.29, 0.717) is 17.5 Å². The molecule has 0 amide bonds. The highest BCUT2D eigenvalue weighted by Crippen LogP contribution is 2.37. The van der Waals surface area contributed by atoms with Crippen LogP contribution in [0.15, 0.2) is 18.2 Å². The van der Waals surface area contributed by atoms with Crippen LogP contribution in [-0.2, 0) is 12.1 Å². The molecule has 5 heteroatoms. The highest BCUT2D eigenvalue weighted by atomic mass is 35.5. The Morgan fingerprint density at radius 1 is 1.35 bits per heavy atom. The molecule has 0 saturated carbocycles. The fourth-order valence-electron chi connectivity index (χ4n) is 2.71. The van der Waals surface area contributed by atoms with Gasteiger partial charge >= 0.3 is 6.18 Å². The van der Waals surface area contributed by atoms with Gasteiger partial charge in [-0.1, -0.05) is 19.9 Å². The molecule has 0 aliphatic carbocycles. The highest BCUT2D eigenvalue weighted by Gasteiger charge is 2.34. The van der Waals surface area contributed by atoms with E-state index in [0.717, 1.165) is 19.5 Å². The molecule has 1 aliphatic rings. The third-order valence-corrected chi connectivity index (χ3v) is 4.36. The van der Waals surface area contributed by atoms with Crippen molar-refractivity contribution in [3.63, 3.8) is 0 Å². The van der Waals surface area contributed by atoms with Crippen LogP contribution in [0.3, 0.4) is 0 Å². The summed E-state index contributed by atoms with van der Waals surface area (Å²) < 4.78 is 39.1. The van der Waals surface area contributed by atoms with E-state index in [1.54, 1.807) is 6.07 Å². The molecule has 1 aliphatic heterocycles. The van der Waals surface area contributed by atoms with Gasteiger partial charge in [0, 0.05) is 24.7 Å². The van der Waals surface area contributed by atoms with Gasteiger partial charge in [-0.2, -0.15) is 13.2 Å². The Balaban J connectivity index is 2.26. The summed E-state index contributed by atoms with van der Waals surface area (Å²) in [5.41, 5.74) is 0.176. The molecule has 1 fully saturated rings. The molecular weight excluding hydrogens is 287 g/mol. The van der Waals surface area contributed by atoms with Gasteiger partial charge in [-0.25, -0.2) is 0 Å². The van der Waals surface area contributed by atoms with Crippen molar-refractivity contribution in [1.29, 1.82) is 0 Å². The van der Waals surface area contributed by atoms with E-state index in [9.17, 15) is 13.2 Å². The minimum Gasteiger partial charge on any atom is -0.371 e. The third-order valence-electron chi connectivity index (χ3n) is 4.08. The van der Waals surface area contributed by atoms with Crippen LogP contribution in [0.2, 0.25) is 0 Å². The van der Waals surface area contributed by atoms with Gasteiger partial charge in [0.2, 0.25) is 0 Å². The van der Waals surface area contributed by atoms with Gasteiger partial charge in [-0.3, -0.25) is 0 Å². The number of alkyl halides is 4. The van der Waals surface area contributed by atoms with Gasteiger partial charge in [-0.15, -0.1) is 11.6 Å². The predicted molar refractivity (Wildman–Crippen MR) is 76.2 cm³/mol. The number of benzene rings is 1. The lowest BCUT2D eigenvalue weighted by Gasteiger charge is -2.22. The molecule has 1 aromatic carbocycles. The molecule has 1 atom stereocenters. The highest BCUT2D eigenvalue weighted by molar-refractivity contribution is 6.17. The fourth-order valence-corrected chi connectivity index (χ4v) is 2.94.